The first-order valence-electron chi connectivity index (χ1n) is 10.8. The van der Waals surface area contributed by atoms with Crippen molar-refractivity contribution in [3.63, 3.8) is 0 Å². The number of benzene rings is 1. The van der Waals surface area contributed by atoms with Crippen molar-refractivity contribution in [1.29, 1.82) is 0 Å². The molecule has 3 aromatic rings. The van der Waals surface area contributed by atoms with Crippen LogP contribution in [0.25, 0.3) is 0 Å². The van der Waals surface area contributed by atoms with Gasteiger partial charge in [-0.15, -0.1) is 0 Å². The number of unbranched alkanes of at least 4 members (excludes halogenated alkanes) is 1. The number of pyridine rings is 2. The molecule has 0 bridgehead atoms. The van der Waals surface area contributed by atoms with E-state index in [1.165, 1.54) is 22.1 Å². The molecule has 0 atom stereocenters. The smallest absolute Gasteiger partial charge is 0.322 e. The lowest BCUT2D eigenvalue weighted by molar-refractivity contribution is -0.134. The van der Waals surface area contributed by atoms with Gasteiger partial charge in [-0.25, -0.2) is 18.4 Å². The van der Waals surface area contributed by atoms with E-state index in [2.05, 4.69) is 28.3 Å². The molecule has 0 spiro atoms. The van der Waals surface area contributed by atoms with Gasteiger partial charge in [-0.3, -0.25) is 4.79 Å². The third-order valence-corrected chi connectivity index (χ3v) is 6.69. The van der Waals surface area contributed by atoms with E-state index < -0.39 is 16.0 Å². The van der Waals surface area contributed by atoms with Crippen LogP contribution in [0.15, 0.2) is 71.9 Å². The van der Waals surface area contributed by atoms with E-state index in [0.29, 0.717) is 11.5 Å². The maximum Gasteiger partial charge on any atom is 0.322 e. The van der Waals surface area contributed by atoms with Gasteiger partial charge in [-0.1, -0.05) is 49.7 Å². The quantitative estimate of drug-likeness (QED) is 0.417. The minimum Gasteiger partial charge on any atom is -0.480 e. The Labute approximate surface area is 194 Å². The molecule has 0 fully saturated rings. The topological polar surface area (TPSA) is 112 Å². The van der Waals surface area contributed by atoms with Crippen LogP contribution in [-0.4, -0.2) is 40.3 Å². The van der Waals surface area contributed by atoms with E-state index in [1.54, 1.807) is 30.3 Å². The second kappa shape index (κ2) is 11.5. The minimum absolute atomic E-state index is 0.0146. The van der Waals surface area contributed by atoms with Crippen molar-refractivity contribution in [3.8, 4) is 0 Å². The summed E-state index contributed by atoms with van der Waals surface area (Å²) in [4.78, 5) is 19.3. The Kier molecular flexibility index (Phi) is 8.51. The number of sulfonamides is 1. The first-order chi connectivity index (χ1) is 15.9. The molecule has 0 aliphatic carbocycles. The number of hydrogen-bond donors (Lipinski definition) is 2. The molecule has 3 rings (SSSR count). The largest absolute Gasteiger partial charge is 0.480 e. The van der Waals surface area contributed by atoms with Crippen molar-refractivity contribution < 1.29 is 18.3 Å². The van der Waals surface area contributed by atoms with Gasteiger partial charge < -0.3 is 10.4 Å². The number of nitrogens with zero attached hydrogens (tertiary/aromatic N) is 3. The summed E-state index contributed by atoms with van der Waals surface area (Å²) in [6.07, 6.45) is 4.54. The molecular formula is C24H28N4O4S. The number of aliphatic carboxylic acids is 1. The highest BCUT2D eigenvalue weighted by atomic mass is 32.2. The maximum absolute atomic E-state index is 13.4. The first kappa shape index (κ1) is 24.3. The van der Waals surface area contributed by atoms with E-state index in [1.807, 2.05) is 18.2 Å². The number of carboxylic acids is 1. The highest BCUT2D eigenvalue weighted by molar-refractivity contribution is 7.89. The summed E-state index contributed by atoms with van der Waals surface area (Å²) in [7, 11) is -3.90. The molecule has 1 aromatic carbocycles. The van der Waals surface area contributed by atoms with E-state index in [-0.39, 0.29) is 24.7 Å². The minimum atomic E-state index is -3.90. The van der Waals surface area contributed by atoms with Crippen LogP contribution in [0.3, 0.4) is 0 Å². The van der Waals surface area contributed by atoms with Crippen molar-refractivity contribution >= 4 is 21.8 Å². The van der Waals surface area contributed by atoms with Gasteiger partial charge >= 0.3 is 5.97 Å². The van der Waals surface area contributed by atoms with Crippen LogP contribution >= 0.6 is 0 Å². The van der Waals surface area contributed by atoms with Crippen LogP contribution in [0.2, 0.25) is 0 Å². The van der Waals surface area contributed by atoms with Gasteiger partial charge in [0.15, 0.2) is 5.03 Å². The number of rotatable bonds is 12. The van der Waals surface area contributed by atoms with E-state index in [4.69, 9.17) is 5.11 Å². The fourth-order valence-corrected chi connectivity index (χ4v) is 4.67. The summed E-state index contributed by atoms with van der Waals surface area (Å²) in [6, 6.07) is 17.8. The van der Waals surface area contributed by atoms with Gasteiger partial charge in [0.25, 0.3) is 10.0 Å². The van der Waals surface area contributed by atoms with Gasteiger partial charge in [0.05, 0.1) is 12.2 Å². The summed E-state index contributed by atoms with van der Waals surface area (Å²) in [6.45, 7) is 2.03. The number of aromatic nitrogens is 2. The number of carboxylic acid groups (broad SMARTS) is 1. The zero-order chi connectivity index (χ0) is 23.7. The molecule has 0 aliphatic heterocycles. The van der Waals surface area contributed by atoms with E-state index in [9.17, 15) is 13.2 Å². The van der Waals surface area contributed by atoms with Crippen molar-refractivity contribution in [2.75, 3.05) is 11.9 Å². The fourth-order valence-electron chi connectivity index (χ4n) is 3.34. The van der Waals surface area contributed by atoms with Gasteiger partial charge in [-0.05, 0) is 48.2 Å². The van der Waals surface area contributed by atoms with Gasteiger partial charge in [0, 0.05) is 12.7 Å². The molecule has 0 radical (unpaired) electrons. The maximum atomic E-state index is 13.4. The Hall–Kier alpha value is -3.30. The monoisotopic (exact) mass is 468 g/mol. The highest BCUT2D eigenvalue weighted by Gasteiger charge is 2.26. The number of hydrogen-bond acceptors (Lipinski definition) is 6. The molecule has 8 nitrogen and oxygen atoms in total. The molecule has 0 saturated heterocycles. The molecule has 9 heteroatoms. The third kappa shape index (κ3) is 7.10. The van der Waals surface area contributed by atoms with Gasteiger partial charge in [0.2, 0.25) is 0 Å². The SMILES string of the molecule is CCCCc1cccc(CN(Cc2cccc(NCC(=O)O)n2)S(=O)(=O)c2ccccn2)c1. The Morgan fingerprint density at radius 3 is 2.55 bits per heavy atom. The second-order valence-corrected chi connectivity index (χ2v) is 9.51. The molecule has 174 valence electrons. The van der Waals surface area contributed by atoms with Crippen molar-refractivity contribution in [1.82, 2.24) is 14.3 Å². The number of aryl methyl sites for hydroxylation is 1. The molecule has 0 unspecified atom stereocenters. The molecule has 0 saturated carbocycles. The lowest BCUT2D eigenvalue weighted by Gasteiger charge is -2.22. The van der Waals surface area contributed by atoms with Crippen molar-refractivity contribution in [2.45, 2.75) is 44.3 Å². The van der Waals surface area contributed by atoms with Crippen molar-refractivity contribution in [3.05, 3.63) is 83.7 Å². The highest BCUT2D eigenvalue weighted by Crippen LogP contribution is 2.21. The summed E-state index contributed by atoms with van der Waals surface area (Å²) in [5, 5.41) is 11.6. The van der Waals surface area contributed by atoms with Crippen molar-refractivity contribution in [2.24, 2.45) is 0 Å². The summed E-state index contributed by atoms with van der Waals surface area (Å²) in [5.41, 5.74) is 2.54. The zero-order valence-corrected chi connectivity index (χ0v) is 19.3. The van der Waals surface area contributed by atoms with Gasteiger partial charge in [-0.2, -0.15) is 4.31 Å². The third-order valence-electron chi connectivity index (χ3n) is 4.98. The van der Waals surface area contributed by atoms with Crippen LogP contribution in [0, 0.1) is 0 Å². The molecule has 0 aliphatic rings. The second-order valence-electron chi connectivity index (χ2n) is 7.63. The Bertz CT molecular complexity index is 1170. The van der Waals surface area contributed by atoms with Crippen LogP contribution in [0.4, 0.5) is 5.82 Å². The molecule has 2 heterocycles. The van der Waals surface area contributed by atoms with Gasteiger partial charge in [0.1, 0.15) is 12.4 Å². The predicted molar refractivity (Wildman–Crippen MR) is 126 cm³/mol. The fraction of sp³-hybridized carbons (Fsp3) is 0.292. The Balaban J connectivity index is 1.90. The number of nitrogens with one attached hydrogen (secondary N) is 1. The van der Waals surface area contributed by atoms with E-state index in [0.717, 1.165) is 24.8 Å². The summed E-state index contributed by atoms with van der Waals surface area (Å²) < 4.78 is 28.2. The van der Waals surface area contributed by atoms with Crippen LogP contribution < -0.4 is 5.32 Å². The molecule has 2 aromatic heterocycles. The van der Waals surface area contributed by atoms with Crippen LogP contribution in [0.5, 0.6) is 0 Å². The zero-order valence-electron chi connectivity index (χ0n) is 18.5. The molecule has 0 amide bonds. The average molecular weight is 469 g/mol. The van der Waals surface area contributed by atoms with Crippen LogP contribution in [0.1, 0.15) is 36.6 Å². The lowest BCUT2D eigenvalue weighted by Crippen LogP contribution is -2.31. The summed E-state index contributed by atoms with van der Waals surface area (Å²) in [5.74, 6) is -0.642. The average Bonchev–Trinajstić information content (AvgIpc) is 2.82. The Morgan fingerprint density at radius 1 is 1.03 bits per heavy atom. The molecule has 2 N–H and O–H groups in total. The lowest BCUT2D eigenvalue weighted by atomic mass is 10.1. The van der Waals surface area contributed by atoms with E-state index >= 15 is 0 Å². The van der Waals surface area contributed by atoms with Crippen LogP contribution in [-0.2, 0) is 34.3 Å². The number of carbonyl (C=O) groups is 1. The molecular weight excluding hydrogens is 440 g/mol. The summed E-state index contributed by atoms with van der Waals surface area (Å²) >= 11 is 0. The Morgan fingerprint density at radius 2 is 1.82 bits per heavy atom. The first-order valence-corrected chi connectivity index (χ1v) is 12.2. The predicted octanol–water partition coefficient (Wildman–Crippen LogP) is 3.71. The standard InChI is InChI=1S/C24H28N4O4S/c1-2-3-8-19-9-6-10-20(15-19)17-28(33(31,32)23-13-4-5-14-25-23)18-21-11-7-12-22(27-21)26-16-24(29)30/h4-7,9-15H,2-3,8,16-18H2,1H3,(H,26,27)(H,29,30). The molecule has 33 heavy (non-hydrogen) atoms. The normalized spacial score (nSPS) is 11.5. The number of anilines is 1.